The molecule has 0 spiro atoms. The zero-order valence-electron chi connectivity index (χ0n) is 22.5. The third kappa shape index (κ3) is 7.26. The predicted octanol–water partition coefficient (Wildman–Crippen LogP) is 5.16. The summed E-state index contributed by atoms with van der Waals surface area (Å²) in [6, 6.07) is 18.7. The minimum atomic E-state index is -0.984. The van der Waals surface area contributed by atoms with Gasteiger partial charge in [-0.05, 0) is 54.0 Å². The van der Waals surface area contributed by atoms with Crippen LogP contribution in [0.3, 0.4) is 0 Å². The molecule has 8 heteroatoms. The molecule has 0 saturated carbocycles. The Morgan fingerprint density at radius 1 is 1.00 bits per heavy atom. The number of hydrogen-bond donors (Lipinski definition) is 3. The van der Waals surface area contributed by atoms with Crippen molar-refractivity contribution in [2.75, 3.05) is 12.8 Å². The van der Waals surface area contributed by atoms with Crippen molar-refractivity contribution in [1.29, 1.82) is 0 Å². The molecule has 4 aromatic rings. The van der Waals surface area contributed by atoms with Gasteiger partial charge in [-0.25, -0.2) is 8.78 Å². The van der Waals surface area contributed by atoms with Crippen molar-refractivity contribution < 1.29 is 18.7 Å². The van der Waals surface area contributed by atoms with Crippen molar-refractivity contribution in [3.8, 4) is 0 Å². The maximum Gasteiger partial charge on any atom is 0.226 e. The molecule has 2 atom stereocenters. The van der Waals surface area contributed by atoms with E-state index in [1.54, 1.807) is 11.8 Å². The van der Waals surface area contributed by atoms with Gasteiger partial charge in [-0.15, -0.1) is 11.8 Å². The molecule has 0 aliphatic carbocycles. The first-order valence-electron chi connectivity index (χ1n) is 13.1. The maximum atomic E-state index is 13.9. The van der Waals surface area contributed by atoms with E-state index >= 15 is 0 Å². The molecule has 3 aromatic carbocycles. The van der Waals surface area contributed by atoms with Crippen molar-refractivity contribution in [2.24, 2.45) is 7.05 Å². The standard InChI is InChI=1S/C31H35F2N3O2S/c1-4-20-8-7-9-21(12-20)18-34-19-29(37)26(15-22-13-23(32)16-24(33)14-22)35-30(38)17-28-31(39-3)25-10-5-6-11-27(25)36(28)2/h5-14,16,26,29,34,37H,4,15,17-19H2,1-3H3,(H,35,38)/t26-,29+/m0/s1. The quantitative estimate of drug-likeness (QED) is 0.213. The number of fused-ring (bicyclic) bond motifs is 1. The predicted molar refractivity (Wildman–Crippen MR) is 154 cm³/mol. The second-order valence-corrected chi connectivity index (χ2v) is 10.6. The lowest BCUT2D eigenvalue weighted by molar-refractivity contribution is -0.122. The lowest BCUT2D eigenvalue weighted by atomic mass is 10.00. The van der Waals surface area contributed by atoms with Gasteiger partial charge in [0.25, 0.3) is 0 Å². The Morgan fingerprint density at radius 2 is 1.72 bits per heavy atom. The van der Waals surface area contributed by atoms with Gasteiger partial charge in [0.1, 0.15) is 11.6 Å². The number of aliphatic hydroxyl groups excluding tert-OH is 1. The molecular formula is C31H35F2N3O2S. The number of thioether (sulfide) groups is 1. The molecule has 0 aliphatic rings. The van der Waals surface area contributed by atoms with Crippen molar-refractivity contribution in [3.05, 3.63) is 101 Å². The van der Waals surface area contributed by atoms with E-state index in [2.05, 4.69) is 29.7 Å². The molecule has 1 aromatic heterocycles. The number of rotatable bonds is 12. The van der Waals surface area contributed by atoms with Gasteiger partial charge in [-0.2, -0.15) is 0 Å². The van der Waals surface area contributed by atoms with E-state index in [1.807, 2.05) is 54.3 Å². The molecule has 1 amide bonds. The lowest BCUT2D eigenvalue weighted by Crippen LogP contribution is -2.49. The molecule has 0 unspecified atom stereocenters. The minimum absolute atomic E-state index is 0.0824. The Bertz CT molecular complexity index is 1420. The molecule has 0 aliphatic heterocycles. The van der Waals surface area contributed by atoms with Crippen molar-refractivity contribution in [2.45, 2.75) is 49.8 Å². The number of nitrogens with zero attached hydrogens (tertiary/aromatic N) is 1. The third-order valence-electron chi connectivity index (χ3n) is 6.98. The van der Waals surface area contributed by atoms with E-state index in [1.165, 1.54) is 17.7 Å². The van der Waals surface area contributed by atoms with Crippen LogP contribution in [0.4, 0.5) is 8.78 Å². The van der Waals surface area contributed by atoms with E-state index in [-0.39, 0.29) is 25.3 Å². The largest absolute Gasteiger partial charge is 0.390 e. The second-order valence-electron chi connectivity index (χ2n) is 9.76. The molecular weight excluding hydrogens is 516 g/mol. The Morgan fingerprint density at radius 3 is 2.44 bits per heavy atom. The number of halogens is 2. The van der Waals surface area contributed by atoms with Crippen LogP contribution in [-0.4, -0.2) is 40.5 Å². The van der Waals surface area contributed by atoms with Crippen LogP contribution in [0.1, 0.15) is 29.3 Å². The highest BCUT2D eigenvalue weighted by molar-refractivity contribution is 7.98. The van der Waals surface area contributed by atoms with E-state index in [4.69, 9.17) is 0 Å². The number of carbonyl (C=O) groups is 1. The Labute approximate surface area is 232 Å². The number of nitrogens with one attached hydrogen (secondary N) is 2. The summed E-state index contributed by atoms with van der Waals surface area (Å²) in [6.45, 7) is 2.84. The van der Waals surface area contributed by atoms with Crippen LogP contribution < -0.4 is 10.6 Å². The summed E-state index contributed by atoms with van der Waals surface area (Å²) in [7, 11) is 1.93. The van der Waals surface area contributed by atoms with E-state index < -0.39 is 23.8 Å². The number of carbonyl (C=O) groups excluding carboxylic acids is 1. The Balaban J connectivity index is 1.50. The van der Waals surface area contributed by atoms with Crippen LogP contribution in [0.25, 0.3) is 10.9 Å². The molecule has 39 heavy (non-hydrogen) atoms. The molecule has 206 valence electrons. The number of hydrogen-bond acceptors (Lipinski definition) is 4. The lowest BCUT2D eigenvalue weighted by Gasteiger charge is -2.25. The van der Waals surface area contributed by atoms with Gasteiger partial charge in [-0.1, -0.05) is 49.4 Å². The van der Waals surface area contributed by atoms with E-state index in [9.17, 15) is 18.7 Å². The normalized spacial score (nSPS) is 13.0. The third-order valence-corrected chi connectivity index (χ3v) is 7.84. The van der Waals surface area contributed by atoms with Gasteiger partial charge in [0.05, 0.1) is 18.6 Å². The summed E-state index contributed by atoms with van der Waals surface area (Å²) >= 11 is 1.59. The van der Waals surface area contributed by atoms with Crippen LogP contribution in [0, 0.1) is 11.6 Å². The fourth-order valence-electron chi connectivity index (χ4n) is 4.98. The van der Waals surface area contributed by atoms with Gasteiger partial charge >= 0.3 is 0 Å². The first-order valence-corrected chi connectivity index (χ1v) is 14.3. The fraction of sp³-hybridized carbons (Fsp3) is 0.323. The number of amides is 1. The average molecular weight is 552 g/mol. The van der Waals surface area contributed by atoms with E-state index in [0.717, 1.165) is 39.5 Å². The maximum absolute atomic E-state index is 13.9. The highest BCUT2D eigenvalue weighted by Crippen LogP contribution is 2.32. The second kappa shape index (κ2) is 13.2. The minimum Gasteiger partial charge on any atom is -0.390 e. The number of aromatic nitrogens is 1. The molecule has 4 rings (SSSR count). The van der Waals surface area contributed by atoms with Crippen LogP contribution in [0.5, 0.6) is 0 Å². The average Bonchev–Trinajstić information content (AvgIpc) is 3.18. The summed E-state index contributed by atoms with van der Waals surface area (Å²) in [4.78, 5) is 14.3. The first-order chi connectivity index (χ1) is 18.8. The molecule has 1 heterocycles. The SMILES string of the molecule is CCc1cccc(CNC[C@@H](O)[C@H](Cc2cc(F)cc(F)c2)NC(=O)Cc2c(SC)c3ccccc3n2C)c1. The fourth-order valence-corrected chi connectivity index (χ4v) is 5.82. The van der Waals surface area contributed by atoms with Gasteiger partial charge < -0.3 is 20.3 Å². The van der Waals surface area contributed by atoms with Gasteiger partial charge in [-0.3, -0.25) is 4.79 Å². The zero-order valence-corrected chi connectivity index (χ0v) is 23.3. The van der Waals surface area contributed by atoms with Crippen molar-refractivity contribution >= 4 is 28.6 Å². The number of aryl methyl sites for hydroxylation is 2. The summed E-state index contributed by atoms with van der Waals surface area (Å²) in [5.74, 6) is -1.66. The molecule has 0 saturated heterocycles. The molecule has 5 nitrogen and oxygen atoms in total. The summed E-state index contributed by atoms with van der Waals surface area (Å²) in [6.07, 6.45) is 2.13. The molecule has 0 fully saturated rings. The zero-order chi connectivity index (χ0) is 27.9. The molecule has 0 radical (unpaired) electrons. The first kappa shape index (κ1) is 28.8. The topological polar surface area (TPSA) is 66.3 Å². The monoisotopic (exact) mass is 551 g/mol. The summed E-state index contributed by atoms with van der Waals surface area (Å²) in [5.41, 5.74) is 4.59. The van der Waals surface area contributed by atoms with Crippen LogP contribution in [0.2, 0.25) is 0 Å². The van der Waals surface area contributed by atoms with Gasteiger partial charge in [0, 0.05) is 47.7 Å². The number of benzene rings is 3. The van der Waals surface area contributed by atoms with Crippen LogP contribution in [-0.2, 0) is 37.6 Å². The van der Waals surface area contributed by atoms with Crippen LogP contribution in [0.15, 0.2) is 71.6 Å². The Kier molecular flexibility index (Phi) is 9.78. The van der Waals surface area contributed by atoms with Crippen molar-refractivity contribution in [1.82, 2.24) is 15.2 Å². The van der Waals surface area contributed by atoms with Crippen LogP contribution >= 0.6 is 11.8 Å². The summed E-state index contributed by atoms with van der Waals surface area (Å²) in [5, 5.41) is 18.4. The highest BCUT2D eigenvalue weighted by Gasteiger charge is 2.24. The van der Waals surface area contributed by atoms with Gasteiger partial charge in [0.15, 0.2) is 0 Å². The molecule has 3 N–H and O–H groups in total. The van der Waals surface area contributed by atoms with Gasteiger partial charge in [0.2, 0.25) is 5.91 Å². The Hall–Kier alpha value is -3.20. The smallest absolute Gasteiger partial charge is 0.226 e. The number of para-hydroxylation sites is 1. The summed E-state index contributed by atoms with van der Waals surface area (Å²) < 4.78 is 29.8. The highest BCUT2D eigenvalue weighted by atomic mass is 32.2. The molecule has 0 bridgehead atoms. The number of aliphatic hydroxyl groups is 1. The van der Waals surface area contributed by atoms with E-state index in [0.29, 0.717) is 12.1 Å². The van der Waals surface area contributed by atoms with Crippen molar-refractivity contribution in [3.63, 3.8) is 0 Å².